The van der Waals surface area contributed by atoms with Crippen LogP contribution in [0.3, 0.4) is 0 Å². The van der Waals surface area contributed by atoms with Crippen LogP contribution in [0.4, 0.5) is 0 Å². The molecule has 1 aromatic heterocycles. The van der Waals surface area contributed by atoms with Gasteiger partial charge in [-0.2, -0.15) is 0 Å². The van der Waals surface area contributed by atoms with Crippen LogP contribution in [0.5, 0.6) is 0 Å². The SMILES string of the molecule is Cn1ccnc1CN1CCCNC(C(C)(C)C)C1. The van der Waals surface area contributed by atoms with Crippen molar-refractivity contribution in [1.82, 2.24) is 19.8 Å². The normalized spacial score (nSPS) is 23.0. The summed E-state index contributed by atoms with van der Waals surface area (Å²) >= 11 is 0. The lowest BCUT2D eigenvalue weighted by molar-refractivity contribution is 0.188. The Bertz CT molecular complexity index is 377. The highest BCUT2D eigenvalue weighted by molar-refractivity contribution is 4.93. The molecule has 0 amide bonds. The number of hydrogen-bond acceptors (Lipinski definition) is 3. The molecular formula is C14H26N4. The van der Waals surface area contributed by atoms with E-state index in [4.69, 9.17) is 0 Å². The first-order chi connectivity index (χ1) is 8.47. The van der Waals surface area contributed by atoms with Crippen molar-refractivity contribution in [2.75, 3.05) is 19.6 Å². The Labute approximate surface area is 110 Å². The van der Waals surface area contributed by atoms with Gasteiger partial charge in [-0.15, -0.1) is 0 Å². The molecule has 0 bridgehead atoms. The first-order valence-electron chi connectivity index (χ1n) is 6.89. The van der Waals surface area contributed by atoms with Gasteiger partial charge in [-0.3, -0.25) is 4.90 Å². The summed E-state index contributed by atoms with van der Waals surface area (Å²) in [6, 6.07) is 0.556. The first kappa shape index (κ1) is 13.6. The van der Waals surface area contributed by atoms with E-state index >= 15 is 0 Å². The molecule has 1 saturated heterocycles. The molecule has 18 heavy (non-hydrogen) atoms. The van der Waals surface area contributed by atoms with Crippen molar-refractivity contribution in [3.63, 3.8) is 0 Å². The second-order valence-corrected chi connectivity index (χ2v) is 6.42. The van der Waals surface area contributed by atoms with Gasteiger partial charge in [0.2, 0.25) is 0 Å². The molecule has 0 spiro atoms. The number of rotatable bonds is 2. The largest absolute Gasteiger partial charge is 0.337 e. The molecular weight excluding hydrogens is 224 g/mol. The molecule has 2 rings (SSSR count). The highest BCUT2D eigenvalue weighted by atomic mass is 15.2. The summed E-state index contributed by atoms with van der Waals surface area (Å²) in [4.78, 5) is 6.95. The molecule has 0 aromatic carbocycles. The molecule has 1 fully saturated rings. The summed E-state index contributed by atoms with van der Waals surface area (Å²) in [6.07, 6.45) is 5.12. The number of nitrogens with one attached hydrogen (secondary N) is 1. The average Bonchev–Trinajstić information content (AvgIpc) is 2.54. The number of aryl methyl sites for hydroxylation is 1. The van der Waals surface area contributed by atoms with Crippen molar-refractivity contribution in [2.24, 2.45) is 12.5 Å². The van der Waals surface area contributed by atoms with E-state index in [1.54, 1.807) is 0 Å². The Balaban J connectivity index is 2.01. The van der Waals surface area contributed by atoms with Crippen molar-refractivity contribution in [3.05, 3.63) is 18.2 Å². The van der Waals surface area contributed by atoms with E-state index in [0.717, 1.165) is 32.0 Å². The molecule has 1 aromatic rings. The van der Waals surface area contributed by atoms with Crippen LogP contribution in [0, 0.1) is 5.41 Å². The molecule has 1 N–H and O–H groups in total. The molecule has 4 heteroatoms. The number of imidazole rings is 1. The van der Waals surface area contributed by atoms with Crippen molar-refractivity contribution >= 4 is 0 Å². The van der Waals surface area contributed by atoms with Gasteiger partial charge >= 0.3 is 0 Å². The van der Waals surface area contributed by atoms with E-state index in [9.17, 15) is 0 Å². The maximum absolute atomic E-state index is 4.43. The summed E-state index contributed by atoms with van der Waals surface area (Å²) in [5.74, 6) is 1.16. The lowest BCUT2D eigenvalue weighted by Crippen LogP contribution is -2.46. The Morgan fingerprint density at radius 1 is 1.44 bits per heavy atom. The van der Waals surface area contributed by atoms with Crippen LogP contribution in [-0.4, -0.2) is 40.1 Å². The zero-order valence-corrected chi connectivity index (χ0v) is 12.1. The van der Waals surface area contributed by atoms with Gasteiger partial charge in [0.05, 0.1) is 6.54 Å². The van der Waals surface area contributed by atoms with Crippen LogP contribution in [0.15, 0.2) is 12.4 Å². The minimum atomic E-state index is 0.310. The Hall–Kier alpha value is -0.870. The van der Waals surface area contributed by atoms with E-state index in [2.05, 4.69) is 47.6 Å². The second-order valence-electron chi connectivity index (χ2n) is 6.42. The first-order valence-corrected chi connectivity index (χ1v) is 6.89. The highest BCUT2D eigenvalue weighted by Crippen LogP contribution is 2.22. The summed E-state index contributed by atoms with van der Waals surface area (Å²) in [5.41, 5.74) is 0.310. The molecule has 1 unspecified atom stereocenters. The van der Waals surface area contributed by atoms with Crippen LogP contribution in [-0.2, 0) is 13.6 Å². The smallest absolute Gasteiger partial charge is 0.122 e. The van der Waals surface area contributed by atoms with E-state index < -0.39 is 0 Å². The quantitative estimate of drug-likeness (QED) is 0.866. The van der Waals surface area contributed by atoms with Gasteiger partial charge in [0.25, 0.3) is 0 Å². The predicted octanol–water partition coefficient (Wildman–Crippen LogP) is 1.63. The fraction of sp³-hybridized carbons (Fsp3) is 0.786. The lowest BCUT2D eigenvalue weighted by atomic mass is 9.86. The van der Waals surface area contributed by atoms with Crippen LogP contribution in [0.25, 0.3) is 0 Å². The molecule has 4 nitrogen and oxygen atoms in total. The van der Waals surface area contributed by atoms with Crippen molar-refractivity contribution in [1.29, 1.82) is 0 Å². The van der Waals surface area contributed by atoms with Gasteiger partial charge in [0.15, 0.2) is 0 Å². The third-order valence-corrected chi connectivity index (χ3v) is 3.81. The number of hydrogen-bond donors (Lipinski definition) is 1. The van der Waals surface area contributed by atoms with Crippen molar-refractivity contribution in [2.45, 2.75) is 39.8 Å². The number of nitrogens with zero attached hydrogens (tertiary/aromatic N) is 3. The van der Waals surface area contributed by atoms with Gasteiger partial charge in [-0.1, -0.05) is 20.8 Å². The van der Waals surface area contributed by atoms with E-state index in [1.807, 2.05) is 12.4 Å². The zero-order valence-electron chi connectivity index (χ0n) is 12.1. The molecule has 1 aliphatic rings. The Morgan fingerprint density at radius 3 is 2.83 bits per heavy atom. The molecule has 1 atom stereocenters. The molecule has 1 aliphatic heterocycles. The summed E-state index contributed by atoms with van der Waals surface area (Å²) in [7, 11) is 2.07. The summed E-state index contributed by atoms with van der Waals surface area (Å²) in [5, 5.41) is 3.68. The monoisotopic (exact) mass is 250 g/mol. The van der Waals surface area contributed by atoms with Crippen molar-refractivity contribution in [3.8, 4) is 0 Å². The summed E-state index contributed by atoms with van der Waals surface area (Å²) < 4.78 is 2.12. The van der Waals surface area contributed by atoms with E-state index in [1.165, 1.54) is 6.42 Å². The summed E-state index contributed by atoms with van der Waals surface area (Å²) in [6.45, 7) is 11.3. The molecule has 0 aliphatic carbocycles. The maximum atomic E-state index is 4.43. The van der Waals surface area contributed by atoms with E-state index in [0.29, 0.717) is 11.5 Å². The van der Waals surface area contributed by atoms with Gasteiger partial charge in [-0.05, 0) is 24.9 Å². The van der Waals surface area contributed by atoms with Crippen LogP contribution in [0.1, 0.15) is 33.0 Å². The average molecular weight is 250 g/mol. The standard InChI is InChI=1S/C14H26N4/c1-14(2,3)12-10-18(8-5-6-15-12)11-13-16-7-9-17(13)4/h7,9,12,15H,5-6,8,10-11H2,1-4H3. The van der Waals surface area contributed by atoms with Gasteiger partial charge < -0.3 is 9.88 Å². The fourth-order valence-corrected chi connectivity index (χ4v) is 2.47. The third kappa shape index (κ3) is 3.33. The molecule has 0 saturated carbocycles. The highest BCUT2D eigenvalue weighted by Gasteiger charge is 2.28. The van der Waals surface area contributed by atoms with Crippen LogP contribution < -0.4 is 5.32 Å². The van der Waals surface area contributed by atoms with E-state index in [-0.39, 0.29) is 0 Å². The second kappa shape index (κ2) is 5.41. The van der Waals surface area contributed by atoms with Gasteiger partial charge in [-0.25, -0.2) is 4.98 Å². The topological polar surface area (TPSA) is 33.1 Å². The minimum absolute atomic E-state index is 0.310. The van der Waals surface area contributed by atoms with Crippen LogP contribution in [0.2, 0.25) is 0 Å². The lowest BCUT2D eigenvalue weighted by Gasteiger charge is -2.33. The van der Waals surface area contributed by atoms with Crippen molar-refractivity contribution < 1.29 is 0 Å². The molecule has 0 radical (unpaired) electrons. The van der Waals surface area contributed by atoms with Crippen LogP contribution >= 0.6 is 0 Å². The Kier molecular flexibility index (Phi) is 4.07. The predicted molar refractivity (Wildman–Crippen MR) is 74.3 cm³/mol. The molecule has 102 valence electrons. The Morgan fingerprint density at radius 2 is 2.22 bits per heavy atom. The zero-order chi connectivity index (χ0) is 13.2. The minimum Gasteiger partial charge on any atom is -0.337 e. The molecule has 2 heterocycles. The van der Waals surface area contributed by atoms with Gasteiger partial charge in [0, 0.05) is 32.0 Å². The third-order valence-electron chi connectivity index (χ3n) is 3.81. The maximum Gasteiger partial charge on any atom is 0.122 e. The van der Waals surface area contributed by atoms with Gasteiger partial charge in [0.1, 0.15) is 5.82 Å². The number of aromatic nitrogens is 2. The fourth-order valence-electron chi connectivity index (χ4n) is 2.47.